The van der Waals surface area contributed by atoms with E-state index in [2.05, 4.69) is 0 Å². The molecule has 1 unspecified atom stereocenters. The topological polar surface area (TPSA) is 17.1 Å². The summed E-state index contributed by atoms with van der Waals surface area (Å²) in [5.74, 6) is -0.480. The van der Waals surface area contributed by atoms with E-state index in [1.54, 1.807) is 6.07 Å². The van der Waals surface area contributed by atoms with Gasteiger partial charge in [-0.15, -0.1) is 0 Å². The molecule has 0 heterocycles. The average molecular weight is 258 g/mol. The van der Waals surface area contributed by atoms with Gasteiger partial charge in [-0.05, 0) is 11.6 Å². The van der Waals surface area contributed by atoms with Crippen LogP contribution in [-0.2, 0) is 4.79 Å². The minimum Gasteiger partial charge on any atom is -0.295 e. The third-order valence-electron chi connectivity index (χ3n) is 2.98. The van der Waals surface area contributed by atoms with Crippen LogP contribution in [0.25, 0.3) is 5.57 Å². The highest BCUT2D eigenvalue weighted by Gasteiger charge is 2.59. The van der Waals surface area contributed by atoms with Crippen molar-refractivity contribution in [3.8, 4) is 0 Å². The van der Waals surface area contributed by atoms with Gasteiger partial charge < -0.3 is 0 Å². The molecule has 0 aliphatic heterocycles. The number of allylic oxidation sites excluding steroid dienone is 2. The van der Waals surface area contributed by atoms with Crippen molar-refractivity contribution < 1.29 is 22.4 Å². The van der Waals surface area contributed by atoms with Gasteiger partial charge in [-0.25, -0.2) is 4.39 Å². The summed E-state index contributed by atoms with van der Waals surface area (Å²) < 4.78 is 52.8. The van der Waals surface area contributed by atoms with E-state index < -0.39 is 36.0 Å². The first kappa shape index (κ1) is 12.8. The highest BCUT2D eigenvalue weighted by Crippen LogP contribution is 2.48. The molecule has 0 amide bonds. The Labute approximate surface area is 101 Å². The van der Waals surface area contributed by atoms with Crippen LogP contribution in [0.3, 0.4) is 0 Å². The Bertz CT molecular complexity index is 489. The maximum Gasteiger partial charge on any atom is 0.426 e. The first-order chi connectivity index (χ1) is 8.34. The molecule has 0 radical (unpaired) electrons. The summed E-state index contributed by atoms with van der Waals surface area (Å²) in [6.07, 6.45) is -5.52. The van der Waals surface area contributed by atoms with Crippen molar-refractivity contribution in [1.82, 2.24) is 0 Å². The van der Waals surface area contributed by atoms with Crippen molar-refractivity contribution >= 4 is 11.4 Å². The van der Waals surface area contributed by atoms with Gasteiger partial charge in [0.2, 0.25) is 5.67 Å². The van der Waals surface area contributed by atoms with Crippen LogP contribution in [0.1, 0.15) is 18.4 Å². The lowest BCUT2D eigenvalue weighted by Gasteiger charge is -2.32. The van der Waals surface area contributed by atoms with Crippen molar-refractivity contribution in [2.24, 2.45) is 0 Å². The van der Waals surface area contributed by atoms with Gasteiger partial charge in [0.25, 0.3) is 0 Å². The van der Waals surface area contributed by atoms with Gasteiger partial charge in [0.1, 0.15) is 0 Å². The number of ketones is 1. The third kappa shape index (κ3) is 2.05. The molecule has 1 aromatic rings. The standard InChI is InChI=1S/C13H10F4O/c14-12(13(15,16)17)7-6-10(18)8-11(12)9-4-2-1-3-5-9/h1-5,8H,6-7H2. The average Bonchev–Trinajstić information content (AvgIpc) is 2.32. The number of rotatable bonds is 1. The molecule has 1 nitrogen and oxygen atoms in total. The predicted molar refractivity (Wildman–Crippen MR) is 58.6 cm³/mol. The zero-order valence-electron chi connectivity index (χ0n) is 9.30. The van der Waals surface area contributed by atoms with Crippen LogP contribution < -0.4 is 0 Å². The molecule has 1 aliphatic rings. The Morgan fingerprint density at radius 2 is 1.72 bits per heavy atom. The van der Waals surface area contributed by atoms with Gasteiger partial charge in [0, 0.05) is 18.4 Å². The van der Waals surface area contributed by atoms with Crippen LogP contribution in [0.15, 0.2) is 36.4 Å². The lowest BCUT2D eigenvalue weighted by molar-refractivity contribution is -0.210. The van der Waals surface area contributed by atoms with Gasteiger partial charge >= 0.3 is 6.18 Å². The van der Waals surface area contributed by atoms with Crippen LogP contribution in [0.4, 0.5) is 17.6 Å². The molecule has 2 rings (SSSR count). The van der Waals surface area contributed by atoms with Crippen molar-refractivity contribution in [3.05, 3.63) is 42.0 Å². The molecule has 0 saturated carbocycles. The fraction of sp³-hybridized carbons (Fsp3) is 0.308. The maximum atomic E-state index is 14.3. The van der Waals surface area contributed by atoms with Gasteiger partial charge in [-0.2, -0.15) is 13.2 Å². The minimum absolute atomic E-state index is 0.0883. The summed E-state index contributed by atoms with van der Waals surface area (Å²) in [7, 11) is 0. The zero-order valence-corrected chi connectivity index (χ0v) is 9.30. The second-order valence-electron chi connectivity index (χ2n) is 4.19. The normalized spacial score (nSPS) is 24.9. The van der Waals surface area contributed by atoms with Crippen LogP contribution >= 0.6 is 0 Å². The van der Waals surface area contributed by atoms with E-state index in [1.807, 2.05) is 0 Å². The van der Waals surface area contributed by atoms with Crippen molar-refractivity contribution in [1.29, 1.82) is 0 Å². The summed E-state index contributed by atoms with van der Waals surface area (Å²) in [4.78, 5) is 11.3. The molecular formula is C13H10F4O. The molecule has 1 aliphatic carbocycles. The SMILES string of the molecule is O=C1C=C(c2ccccc2)C(F)(C(F)(F)F)CC1. The second kappa shape index (κ2) is 4.23. The van der Waals surface area contributed by atoms with Gasteiger partial charge in [-0.3, -0.25) is 4.79 Å². The summed E-state index contributed by atoms with van der Waals surface area (Å²) in [6, 6.07) is 7.36. The molecule has 0 spiro atoms. The first-order valence-corrected chi connectivity index (χ1v) is 5.41. The van der Waals surface area contributed by atoms with E-state index in [0.29, 0.717) is 0 Å². The third-order valence-corrected chi connectivity index (χ3v) is 2.98. The van der Waals surface area contributed by atoms with Crippen LogP contribution in [-0.4, -0.2) is 17.6 Å². The number of hydrogen-bond donors (Lipinski definition) is 0. The summed E-state index contributed by atoms with van der Waals surface area (Å²) in [5.41, 5.74) is -3.94. The maximum absolute atomic E-state index is 14.3. The van der Waals surface area contributed by atoms with Gasteiger partial charge in [-0.1, -0.05) is 30.3 Å². The highest BCUT2D eigenvalue weighted by atomic mass is 19.4. The van der Waals surface area contributed by atoms with E-state index in [0.717, 1.165) is 6.08 Å². The highest BCUT2D eigenvalue weighted by molar-refractivity contribution is 6.00. The van der Waals surface area contributed by atoms with Crippen LogP contribution in [0, 0.1) is 0 Å². The van der Waals surface area contributed by atoms with Crippen molar-refractivity contribution in [2.75, 3.05) is 0 Å². The van der Waals surface area contributed by atoms with Gasteiger partial charge in [0.05, 0.1) is 0 Å². The van der Waals surface area contributed by atoms with E-state index in [-0.39, 0.29) is 5.56 Å². The van der Waals surface area contributed by atoms with Crippen LogP contribution in [0.5, 0.6) is 0 Å². The fourth-order valence-electron chi connectivity index (χ4n) is 2.00. The lowest BCUT2D eigenvalue weighted by atomic mass is 9.80. The number of carbonyl (C=O) groups excluding carboxylic acids is 1. The quantitative estimate of drug-likeness (QED) is 0.702. The molecule has 0 saturated heterocycles. The Balaban J connectivity index is 2.55. The monoisotopic (exact) mass is 258 g/mol. The molecule has 1 aromatic carbocycles. The number of benzene rings is 1. The molecular weight excluding hydrogens is 248 g/mol. The van der Waals surface area contributed by atoms with E-state index in [4.69, 9.17) is 0 Å². The Kier molecular flexibility index (Phi) is 3.00. The van der Waals surface area contributed by atoms with E-state index in [9.17, 15) is 22.4 Å². The molecule has 0 fully saturated rings. The summed E-state index contributed by atoms with van der Waals surface area (Å²) in [6.45, 7) is 0. The van der Waals surface area contributed by atoms with E-state index >= 15 is 0 Å². The molecule has 0 bridgehead atoms. The fourth-order valence-corrected chi connectivity index (χ4v) is 2.00. The Morgan fingerprint density at radius 3 is 2.28 bits per heavy atom. The summed E-state index contributed by atoms with van der Waals surface area (Å²) in [5, 5.41) is 0. The van der Waals surface area contributed by atoms with E-state index in [1.165, 1.54) is 24.3 Å². The molecule has 0 aromatic heterocycles. The van der Waals surface area contributed by atoms with Crippen molar-refractivity contribution in [3.63, 3.8) is 0 Å². The largest absolute Gasteiger partial charge is 0.426 e. The number of halogens is 4. The van der Waals surface area contributed by atoms with Crippen molar-refractivity contribution in [2.45, 2.75) is 24.7 Å². The van der Waals surface area contributed by atoms with Crippen LogP contribution in [0.2, 0.25) is 0 Å². The Hall–Kier alpha value is -1.65. The molecule has 0 N–H and O–H groups in total. The molecule has 96 valence electrons. The predicted octanol–water partition coefficient (Wildman–Crippen LogP) is 3.70. The first-order valence-electron chi connectivity index (χ1n) is 5.41. The molecule has 5 heteroatoms. The minimum atomic E-state index is -5.02. The van der Waals surface area contributed by atoms with Gasteiger partial charge in [0.15, 0.2) is 5.78 Å². The molecule has 18 heavy (non-hydrogen) atoms. The zero-order chi connectivity index (χ0) is 13.4. The summed E-state index contributed by atoms with van der Waals surface area (Å²) >= 11 is 0. The molecule has 1 atom stereocenters. The second-order valence-corrected chi connectivity index (χ2v) is 4.19. The number of hydrogen-bond acceptors (Lipinski definition) is 1. The number of carbonyl (C=O) groups is 1. The smallest absolute Gasteiger partial charge is 0.295 e. The Morgan fingerprint density at radius 1 is 1.11 bits per heavy atom. The number of alkyl halides is 4. The lowest BCUT2D eigenvalue weighted by Crippen LogP contribution is -2.44.